The van der Waals surface area contributed by atoms with E-state index in [9.17, 15) is 0 Å². The Morgan fingerprint density at radius 2 is 2.31 bits per heavy atom. The predicted octanol–water partition coefficient (Wildman–Crippen LogP) is 0.930. The summed E-state index contributed by atoms with van der Waals surface area (Å²) in [7, 11) is 0. The van der Waals surface area contributed by atoms with Crippen LogP contribution in [0.3, 0.4) is 0 Å². The van der Waals surface area contributed by atoms with Crippen molar-refractivity contribution >= 4 is 0 Å². The fourth-order valence-electron chi connectivity index (χ4n) is 2.99. The van der Waals surface area contributed by atoms with Crippen LogP contribution >= 0.6 is 0 Å². The van der Waals surface area contributed by atoms with Crippen LogP contribution < -0.4 is 5.32 Å². The summed E-state index contributed by atoms with van der Waals surface area (Å²) in [5.74, 6) is 0. The molecule has 2 fully saturated rings. The molecular formula is C13H25N3. The van der Waals surface area contributed by atoms with Crippen LogP contribution in [-0.4, -0.2) is 61.2 Å². The topological polar surface area (TPSA) is 18.5 Å². The highest BCUT2D eigenvalue weighted by atomic mass is 15.3. The molecule has 2 aliphatic heterocycles. The van der Waals surface area contributed by atoms with Gasteiger partial charge in [-0.25, -0.2) is 0 Å². The second kappa shape index (κ2) is 5.80. The average molecular weight is 223 g/mol. The van der Waals surface area contributed by atoms with Gasteiger partial charge in [0, 0.05) is 44.8 Å². The van der Waals surface area contributed by atoms with Crippen molar-refractivity contribution < 1.29 is 0 Å². The van der Waals surface area contributed by atoms with E-state index in [1.807, 2.05) is 6.08 Å². The molecular weight excluding hydrogens is 198 g/mol. The quantitative estimate of drug-likeness (QED) is 0.552. The maximum Gasteiger partial charge on any atom is 0.0224 e. The Hall–Kier alpha value is -0.380. The Morgan fingerprint density at radius 1 is 1.44 bits per heavy atom. The van der Waals surface area contributed by atoms with E-state index in [2.05, 4.69) is 28.6 Å². The zero-order valence-corrected chi connectivity index (χ0v) is 10.5. The van der Waals surface area contributed by atoms with Crippen LogP contribution in [0.1, 0.15) is 19.8 Å². The van der Waals surface area contributed by atoms with Crippen LogP contribution in [0.4, 0.5) is 0 Å². The van der Waals surface area contributed by atoms with Gasteiger partial charge in [-0.05, 0) is 26.3 Å². The van der Waals surface area contributed by atoms with Crippen molar-refractivity contribution in [2.45, 2.75) is 31.8 Å². The first-order chi connectivity index (χ1) is 7.81. The Labute approximate surface area is 99.5 Å². The molecule has 0 aromatic carbocycles. The number of rotatable bonds is 5. The van der Waals surface area contributed by atoms with Gasteiger partial charge >= 0.3 is 0 Å². The van der Waals surface area contributed by atoms with Crippen LogP contribution in [0.15, 0.2) is 12.7 Å². The van der Waals surface area contributed by atoms with Gasteiger partial charge in [0.15, 0.2) is 0 Å². The molecule has 3 heteroatoms. The van der Waals surface area contributed by atoms with E-state index >= 15 is 0 Å². The summed E-state index contributed by atoms with van der Waals surface area (Å²) in [5.41, 5.74) is 0. The molecule has 2 saturated heterocycles. The molecule has 0 aromatic rings. The van der Waals surface area contributed by atoms with Crippen LogP contribution in [0.25, 0.3) is 0 Å². The minimum atomic E-state index is 0.722. The highest BCUT2D eigenvalue weighted by molar-refractivity contribution is 4.90. The van der Waals surface area contributed by atoms with E-state index in [0.29, 0.717) is 0 Å². The Kier molecular flexibility index (Phi) is 4.38. The highest BCUT2D eigenvalue weighted by Crippen LogP contribution is 2.23. The summed E-state index contributed by atoms with van der Waals surface area (Å²) >= 11 is 0. The van der Waals surface area contributed by atoms with Gasteiger partial charge in [0.25, 0.3) is 0 Å². The number of piperazine rings is 1. The third kappa shape index (κ3) is 2.84. The third-order valence-corrected chi connectivity index (χ3v) is 3.93. The smallest absolute Gasteiger partial charge is 0.0224 e. The molecule has 0 spiro atoms. The lowest BCUT2D eigenvalue weighted by Crippen LogP contribution is -2.56. The van der Waals surface area contributed by atoms with Crippen LogP contribution in [-0.2, 0) is 0 Å². The van der Waals surface area contributed by atoms with Crippen molar-refractivity contribution in [3.05, 3.63) is 12.7 Å². The first-order valence-corrected chi connectivity index (χ1v) is 6.61. The van der Waals surface area contributed by atoms with Gasteiger partial charge in [0.2, 0.25) is 0 Å². The van der Waals surface area contributed by atoms with E-state index in [1.54, 1.807) is 0 Å². The van der Waals surface area contributed by atoms with Crippen LogP contribution in [0, 0.1) is 0 Å². The minimum Gasteiger partial charge on any atom is -0.312 e. The largest absolute Gasteiger partial charge is 0.312 e. The first kappa shape index (κ1) is 12.1. The number of fused-ring (bicyclic) bond motifs is 1. The van der Waals surface area contributed by atoms with Gasteiger partial charge < -0.3 is 5.32 Å². The first-order valence-electron chi connectivity index (χ1n) is 6.61. The molecule has 0 radical (unpaired) electrons. The maximum absolute atomic E-state index is 3.72. The Bertz CT molecular complexity index is 229. The summed E-state index contributed by atoms with van der Waals surface area (Å²) in [5, 5.41) is 3.39. The molecule has 3 nitrogen and oxygen atoms in total. The lowest BCUT2D eigenvalue weighted by molar-refractivity contribution is 0.0606. The van der Waals surface area contributed by atoms with Crippen molar-refractivity contribution in [1.82, 2.24) is 15.1 Å². The Morgan fingerprint density at radius 3 is 3.12 bits per heavy atom. The van der Waals surface area contributed by atoms with Crippen molar-refractivity contribution in [2.24, 2.45) is 0 Å². The number of nitrogens with one attached hydrogen (secondary N) is 1. The molecule has 0 aliphatic carbocycles. The monoisotopic (exact) mass is 223 g/mol. The molecule has 2 heterocycles. The van der Waals surface area contributed by atoms with Crippen molar-refractivity contribution in [3.8, 4) is 0 Å². The lowest BCUT2D eigenvalue weighted by atomic mass is 10.1. The number of hydrogen-bond acceptors (Lipinski definition) is 3. The van der Waals surface area contributed by atoms with Crippen LogP contribution in [0.5, 0.6) is 0 Å². The molecule has 2 atom stereocenters. The van der Waals surface area contributed by atoms with Crippen molar-refractivity contribution in [3.63, 3.8) is 0 Å². The summed E-state index contributed by atoms with van der Waals surface area (Å²) in [4.78, 5) is 5.32. The molecule has 2 unspecified atom stereocenters. The lowest BCUT2D eigenvalue weighted by Gasteiger charge is -2.42. The zero-order chi connectivity index (χ0) is 11.4. The van der Waals surface area contributed by atoms with Gasteiger partial charge in [-0.3, -0.25) is 9.80 Å². The predicted molar refractivity (Wildman–Crippen MR) is 68.7 cm³/mol. The standard InChI is InChI=1S/C13H25N3/c1-3-6-14-7-9-15-11-13-5-4-8-16(13)10-12(15)2/h3,12-14H,1,4-11H2,2H3. The van der Waals surface area contributed by atoms with Crippen molar-refractivity contribution in [1.29, 1.82) is 0 Å². The molecule has 0 saturated carbocycles. The minimum absolute atomic E-state index is 0.722. The van der Waals surface area contributed by atoms with E-state index in [1.165, 1.54) is 39.0 Å². The van der Waals surface area contributed by atoms with Crippen molar-refractivity contribution in [2.75, 3.05) is 39.3 Å². The van der Waals surface area contributed by atoms with Gasteiger partial charge in [-0.15, -0.1) is 6.58 Å². The summed E-state index contributed by atoms with van der Waals surface area (Å²) in [6, 6.07) is 1.57. The fraction of sp³-hybridized carbons (Fsp3) is 0.846. The van der Waals surface area contributed by atoms with E-state index in [-0.39, 0.29) is 0 Å². The molecule has 2 aliphatic rings. The van der Waals surface area contributed by atoms with E-state index in [0.717, 1.165) is 25.2 Å². The summed E-state index contributed by atoms with van der Waals surface area (Å²) < 4.78 is 0. The van der Waals surface area contributed by atoms with E-state index < -0.39 is 0 Å². The zero-order valence-electron chi connectivity index (χ0n) is 10.5. The average Bonchev–Trinajstić information content (AvgIpc) is 2.71. The van der Waals surface area contributed by atoms with Gasteiger partial charge in [0.1, 0.15) is 0 Å². The molecule has 2 rings (SSSR count). The number of nitrogens with zero attached hydrogens (tertiary/aromatic N) is 2. The molecule has 16 heavy (non-hydrogen) atoms. The second-order valence-electron chi connectivity index (χ2n) is 5.13. The van der Waals surface area contributed by atoms with Gasteiger partial charge in [-0.1, -0.05) is 6.08 Å². The summed E-state index contributed by atoms with van der Waals surface area (Å²) in [6.07, 6.45) is 4.74. The molecule has 0 aromatic heterocycles. The Balaban J connectivity index is 1.74. The second-order valence-corrected chi connectivity index (χ2v) is 5.13. The SMILES string of the molecule is C=CCNCCN1CC2CCCN2CC1C. The van der Waals surface area contributed by atoms with Gasteiger partial charge in [-0.2, -0.15) is 0 Å². The normalized spacial score (nSPS) is 31.6. The molecule has 0 amide bonds. The highest BCUT2D eigenvalue weighted by Gasteiger charge is 2.33. The van der Waals surface area contributed by atoms with Crippen LogP contribution in [0.2, 0.25) is 0 Å². The maximum atomic E-state index is 3.72. The summed E-state index contributed by atoms with van der Waals surface area (Å²) in [6.45, 7) is 13.2. The number of hydrogen-bond donors (Lipinski definition) is 1. The third-order valence-electron chi connectivity index (χ3n) is 3.93. The van der Waals surface area contributed by atoms with E-state index in [4.69, 9.17) is 0 Å². The molecule has 92 valence electrons. The molecule has 1 N–H and O–H groups in total. The van der Waals surface area contributed by atoms with Gasteiger partial charge in [0.05, 0.1) is 0 Å². The fourth-order valence-corrected chi connectivity index (χ4v) is 2.99. The molecule has 0 bridgehead atoms.